The van der Waals surface area contributed by atoms with Crippen molar-refractivity contribution in [1.29, 1.82) is 0 Å². The van der Waals surface area contributed by atoms with Crippen molar-refractivity contribution in [3.05, 3.63) is 62.2 Å². The van der Waals surface area contributed by atoms with Crippen LogP contribution in [0.3, 0.4) is 0 Å². The minimum Gasteiger partial charge on any atom is -0.368 e. The molecule has 1 amide bonds. The lowest BCUT2D eigenvalue weighted by Gasteiger charge is -2.35. The van der Waals surface area contributed by atoms with Crippen LogP contribution in [0.25, 0.3) is 10.3 Å². The molecule has 4 heterocycles. The highest BCUT2D eigenvalue weighted by atomic mass is 35.5. The van der Waals surface area contributed by atoms with E-state index < -0.39 is 0 Å². The van der Waals surface area contributed by atoms with E-state index >= 15 is 0 Å². The predicted octanol–water partition coefficient (Wildman–Crippen LogP) is 4.13. The van der Waals surface area contributed by atoms with E-state index in [2.05, 4.69) is 32.4 Å². The number of anilines is 2. The monoisotopic (exact) mass is 484 g/mol. The number of carbonyl (C=O) groups excluding carboxylic acids is 1. The first kappa shape index (κ1) is 21.1. The van der Waals surface area contributed by atoms with Crippen LogP contribution in [0.1, 0.15) is 20.2 Å². The molecule has 1 aliphatic heterocycles. The summed E-state index contributed by atoms with van der Waals surface area (Å²) in [6, 6.07) is 11.2. The van der Waals surface area contributed by atoms with Gasteiger partial charge in [-0.3, -0.25) is 4.79 Å². The molecule has 2 N–H and O–H groups in total. The van der Waals surface area contributed by atoms with Crippen LogP contribution in [0.4, 0.5) is 11.8 Å². The highest BCUT2D eigenvalue weighted by Crippen LogP contribution is 2.30. The van der Waals surface area contributed by atoms with Crippen molar-refractivity contribution in [3.8, 4) is 0 Å². The second-order valence-electron chi connectivity index (χ2n) is 7.53. The fourth-order valence-corrected chi connectivity index (χ4v) is 5.55. The van der Waals surface area contributed by atoms with Gasteiger partial charge in [0.25, 0.3) is 5.91 Å². The molecule has 3 aromatic heterocycles. The fraction of sp³-hybridized carbons (Fsp3) is 0.273. The molecule has 0 spiro atoms. The van der Waals surface area contributed by atoms with Gasteiger partial charge in [0.05, 0.1) is 5.01 Å². The molecule has 0 bridgehead atoms. The second kappa shape index (κ2) is 9.01. The van der Waals surface area contributed by atoms with Gasteiger partial charge in [0, 0.05) is 48.1 Å². The average molecular weight is 485 g/mol. The number of halogens is 1. The third-order valence-electron chi connectivity index (χ3n) is 5.42. The Morgan fingerprint density at radius 3 is 2.53 bits per heavy atom. The Kier molecular flexibility index (Phi) is 5.95. The number of aromatic nitrogens is 3. The van der Waals surface area contributed by atoms with Crippen LogP contribution < -0.4 is 10.6 Å². The summed E-state index contributed by atoms with van der Waals surface area (Å²) in [7, 11) is 0. The molecular weight excluding hydrogens is 464 g/mol. The fourth-order valence-electron chi connectivity index (χ4n) is 3.78. The number of rotatable bonds is 5. The number of fused-ring (bicyclic) bond motifs is 1. The molecule has 0 atom stereocenters. The zero-order valence-corrected chi connectivity index (χ0v) is 19.6. The average Bonchev–Trinajstić information content (AvgIpc) is 3.47. The van der Waals surface area contributed by atoms with Crippen molar-refractivity contribution in [1.82, 2.24) is 19.9 Å². The van der Waals surface area contributed by atoms with Crippen LogP contribution in [0.5, 0.6) is 0 Å². The molecular formula is C22H21ClN6OS2. The Labute approximate surface area is 198 Å². The molecule has 164 valence electrons. The van der Waals surface area contributed by atoms with E-state index in [1.807, 2.05) is 4.90 Å². The molecule has 1 saturated heterocycles. The summed E-state index contributed by atoms with van der Waals surface area (Å²) >= 11 is 9.27. The molecule has 0 unspecified atom stereocenters. The van der Waals surface area contributed by atoms with E-state index in [-0.39, 0.29) is 11.9 Å². The molecule has 0 radical (unpaired) electrons. The van der Waals surface area contributed by atoms with E-state index in [4.69, 9.17) is 22.3 Å². The normalized spacial score (nSPS) is 14.3. The molecule has 4 aromatic rings. The van der Waals surface area contributed by atoms with Gasteiger partial charge in [-0.1, -0.05) is 29.0 Å². The van der Waals surface area contributed by atoms with Crippen LogP contribution in [-0.4, -0.2) is 51.9 Å². The molecule has 32 heavy (non-hydrogen) atoms. The van der Waals surface area contributed by atoms with Crippen molar-refractivity contribution in [2.45, 2.75) is 12.8 Å². The number of benzene rings is 1. The van der Waals surface area contributed by atoms with Gasteiger partial charge in [-0.25, -0.2) is 9.97 Å². The Hall–Kier alpha value is -2.75. The van der Waals surface area contributed by atoms with Gasteiger partial charge in [0.15, 0.2) is 10.6 Å². The zero-order chi connectivity index (χ0) is 22.1. The molecule has 1 aromatic carbocycles. The summed E-state index contributed by atoms with van der Waals surface area (Å²) in [6.07, 6.45) is 1.82. The summed E-state index contributed by atoms with van der Waals surface area (Å²) in [5.74, 6) is 1.02. The van der Waals surface area contributed by atoms with E-state index in [0.29, 0.717) is 36.8 Å². The quantitative estimate of drug-likeness (QED) is 0.458. The lowest BCUT2D eigenvalue weighted by molar-refractivity contribution is 0.0746. The smallest absolute Gasteiger partial charge is 0.253 e. The molecule has 10 heteroatoms. The van der Waals surface area contributed by atoms with Crippen LogP contribution in [0.15, 0.2) is 41.8 Å². The number of amides is 1. The topological polar surface area (TPSA) is 88.2 Å². The molecule has 7 nitrogen and oxygen atoms in total. The highest BCUT2D eigenvalue weighted by molar-refractivity contribution is 7.18. The number of piperazine rings is 1. The van der Waals surface area contributed by atoms with Crippen molar-refractivity contribution in [2.75, 3.05) is 36.8 Å². The summed E-state index contributed by atoms with van der Waals surface area (Å²) in [5.41, 5.74) is 7.45. The Balaban J connectivity index is 1.31. The van der Waals surface area contributed by atoms with Gasteiger partial charge in [-0.15, -0.1) is 11.3 Å². The zero-order valence-electron chi connectivity index (χ0n) is 17.2. The van der Waals surface area contributed by atoms with Crippen molar-refractivity contribution in [3.63, 3.8) is 0 Å². The number of aryl methyl sites for hydroxylation is 2. The minimum atomic E-state index is 0.0122. The summed E-state index contributed by atoms with van der Waals surface area (Å²) in [6.45, 7) is 2.52. The Morgan fingerprint density at radius 1 is 1.03 bits per heavy atom. The summed E-state index contributed by atoms with van der Waals surface area (Å²) in [5, 5.41) is 3.75. The van der Waals surface area contributed by atoms with E-state index in [1.165, 1.54) is 4.88 Å². The van der Waals surface area contributed by atoms with Gasteiger partial charge in [0.2, 0.25) is 5.95 Å². The van der Waals surface area contributed by atoms with Gasteiger partial charge in [-0.2, -0.15) is 4.98 Å². The standard InChI is InChI=1S/C22H21ClN6OS2/c23-15-5-3-14(4-6-15)21(30)29-11-9-28(10-12-29)19-18-20(27-22(24)26-19)32-17(25-18)8-7-16-2-1-13-31-16/h1-6,13H,7-12H2,(H2,24,26,27). The van der Waals surface area contributed by atoms with Crippen molar-refractivity contribution in [2.24, 2.45) is 0 Å². The predicted molar refractivity (Wildman–Crippen MR) is 131 cm³/mol. The van der Waals surface area contributed by atoms with Crippen LogP contribution in [-0.2, 0) is 12.8 Å². The molecule has 0 saturated carbocycles. The van der Waals surface area contributed by atoms with E-state index in [1.54, 1.807) is 46.9 Å². The SMILES string of the molecule is Nc1nc(N2CCN(C(=O)c3ccc(Cl)cc3)CC2)c2nc(CCc3cccs3)sc2n1. The Morgan fingerprint density at radius 2 is 1.81 bits per heavy atom. The van der Waals surface area contributed by atoms with Gasteiger partial charge in [-0.05, 0) is 42.1 Å². The number of nitrogens with two attached hydrogens (primary N) is 1. The summed E-state index contributed by atoms with van der Waals surface area (Å²) < 4.78 is 0. The maximum atomic E-state index is 12.8. The third-order valence-corrected chi connectivity index (χ3v) is 7.62. The number of nitrogen functional groups attached to an aromatic ring is 1. The highest BCUT2D eigenvalue weighted by Gasteiger charge is 2.25. The van der Waals surface area contributed by atoms with Crippen LogP contribution >= 0.6 is 34.3 Å². The first-order valence-corrected chi connectivity index (χ1v) is 12.4. The van der Waals surface area contributed by atoms with Gasteiger partial charge < -0.3 is 15.5 Å². The molecule has 5 rings (SSSR count). The lowest BCUT2D eigenvalue weighted by Crippen LogP contribution is -2.49. The van der Waals surface area contributed by atoms with Gasteiger partial charge >= 0.3 is 0 Å². The molecule has 1 aliphatic rings. The maximum Gasteiger partial charge on any atom is 0.253 e. The molecule has 0 aliphatic carbocycles. The van der Waals surface area contributed by atoms with E-state index in [0.717, 1.165) is 34.0 Å². The minimum absolute atomic E-state index is 0.0122. The number of hydrogen-bond acceptors (Lipinski definition) is 8. The van der Waals surface area contributed by atoms with Crippen molar-refractivity contribution < 1.29 is 4.79 Å². The Bertz CT molecular complexity index is 1230. The number of nitrogens with zero attached hydrogens (tertiary/aromatic N) is 5. The van der Waals surface area contributed by atoms with Crippen LogP contribution in [0.2, 0.25) is 5.02 Å². The summed E-state index contributed by atoms with van der Waals surface area (Å²) in [4.78, 5) is 32.7. The van der Waals surface area contributed by atoms with Crippen molar-refractivity contribution >= 4 is 62.3 Å². The largest absolute Gasteiger partial charge is 0.368 e. The first-order chi connectivity index (χ1) is 15.6. The number of carbonyl (C=O) groups is 1. The number of hydrogen-bond donors (Lipinski definition) is 1. The molecule has 1 fully saturated rings. The third kappa shape index (κ3) is 4.41. The second-order valence-corrected chi connectivity index (χ2v) is 10.1. The van der Waals surface area contributed by atoms with E-state index in [9.17, 15) is 4.79 Å². The first-order valence-electron chi connectivity index (χ1n) is 10.3. The van der Waals surface area contributed by atoms with Crippen LogP contribution in [0, 0.1) is 0 Å². The number of thiazole rings is 1. The lowest BCUT2D eigenvalue weighted by atomic mass is 10.2. The maximum absolute atomic E-state index is 12.8. The van der Waals surface area contributed by atoms with Gasteiger partial charge in [0.1, 0.15) is 5.52 Å². The number of thiophene rings is 1.